The highest BCUT2D eigenvalue weighted by Crippen LogP contribution is 2.40. The zero-order valence-electron chi connectivity index (χ0n) is 21.5. The molecule has 0 amide bonds. The molecule has 0 aliphatic rings. The molecule has 1 aromatic carbocycles. The van der Waals surface area contributed by atoms with Gasteiger partial charge in [0.25, 0.3) is 0 Å². The number of hydrogen-bond acceptors (Lipinski definition) is 5. The maximum Gasteiger partial charge on any atom is 0.197 e. The average molecular weight is 517 g/mol. The Balaban J connectivity index is 1.90. The quantitative estimate of drug-likeness (QED) is 0.264. The lowest BCUT2D eigenvalue weighted by molar-refractivity contribution is 0.448. The monoisotopic (exact) mass is 516 g/mol. The van der Waals surface area contributed by atoms with Crippen LogP contribution in [0.25, 0.3) is 22.5 Å². The minimum Gasteiger partial charge on any atom is -0.432 e. The number of anilines is 1. The van der Waals surface area contributed by atoms with Gasteiger partial charge < -0.3 is 15.1 Å². The van der Waals surface area contributed by atoms with Crippen LogP contribution in [-0.2, 0) is 10.8 Å². The van der Waals surface area contributed by atoms with Crippen LogP contribution in [0.2, 0.25) is 18.1 Å². The Labute approximate surface area is 211 Å². The molecule has 0 saturated carbocycles. The van der Waals surface area contributed by atoms with Crippen molar-refractivity contribution in [2.75, 3.05) is 17.6 Å². The lowest BCUT2D eigenvalue weighted by Gasteiger charge is -2.35. The summed E-state index contributed by atoms with van der Waals surface area (Å²) in [6.07, 6.45) is 3.24. The van der Waals surface area contributed by atoms with E-state index in [-0.39, 0.29) is 10.9 Å². The molecular formula is C26H37FN4O2SSi. The normalized spacial score (nSPS) is 13.3. The number of nitrogens with one attached hydrogen (secondary N) is 2. The number of imidazole rings is 1. The Bertz CT molecular complexity index is 1160. The van der Waals surface area contributed by atoms with Crippen LogP contribution >= 0.6 is 0 Å². The molecule has 2 heterocycles. The van der Waals surface area contributed by atoms with E-state index in [0.717, 1.165) is 36.3 Å². The van der Waals surface area contributed by atoms with Gasteiger partial charge in [0.2, 0.25) is 0 Å². The SMILES string of the molecule is CC(C)CNc1cc(-c2nc(S(=O)CCCC(C)(C)[Si](C)(C)O)[nH]c2-c2ccc(F)cc2)ccn1. The summed E-state index contributed by atoms with van der Waals surface area (Å²) in [4.78, 5) is 22.9. The minimum absolute atomic E-state index is 0.165. The first-order valence-electron chi connectivity index (χ1n) is 12.0. The highest BCUT2D eigenvalue weighted by molar-refractivity contribution is 7.84. The summed E-state index contributed by atoms with van der Waals surface area (Å²) >= 11 is 0. The lowest BCUT2D eigenvalue weighted by atomic mass is 10.1. The molecule has 1 unspecified atom stereocenters. The van der Waals surface area contributed by atoms with E-state index in [0.29, 0.717) is 28.2 Å². The molecule has 9 heteroatoms. The van der Waals surface area contributed by atoms with Crippen LogP contribution in [0.4, 0.5) is 10.2 Å². The number of aromatic nitrogens is 3. The van der Waals surface area contributed by atoms with Gasteiger partial charge in [-0.3, -0.25) is 4.21 Å². The molecule has 35 heavy (non-hydrogen) atoms. The van der Waals surface area contributed by atoms with Crippen molar-refractivity contribution in [3.05, 3.63) is 48.4 Å². The second-order valence-corrected chi connectivity index (χ2v) is 16.5. The van der Waals surface area contributed by atoms with Crippen molar-refractivity contribution in [3.63, 3.8) is 0 Å². The van der Waals surface area contributed by atoms with Crippen LogP contribution in [0.3, 0.4) is 0 Å². The fourth-order valence-electron chi connectivity index (χ4n) is 3.52. The molecule has 0 aliphatic heterocycles. The molecule has 0 radical (unpaired) electrons. The van der Waals surface area contributed by atoms with Crippen molar-refractivity contribution in [3.8, 4) is 22.5 Å². The van der Waals surface area contributed by atoms with Crippen LogP contribution < -0.4 is 5.32 Å². The largest absolute Gasteiger partial charge is 0.432 e. The van der Waals surface area contributed by atoms with Crippen molar-refractivity contribution >= 4 is 24.9 Å². The van der Waals surface area contributed by atoms with E-state index in [4.69, 9.17) is 4.98 Å². The zero-order chi connectivity index (χ0) is 25.8. The average Bonchev–Trinajstić information content (AvgIpc) is 3.23. The predicted molar refractivity (Wildman–Crippen MR) is 145 cm³/mol. The van der Waals surface area contributed by atoms with E-state index in [1.165, 1.54) is 12.1 Å². The number of hydrogen-bond donors (Lipinski definition) is 3. The first-order chi connectivity index (χ1) is 16.4. The molecule has 0 aliphatic carbocycles. The molecule has 0 fully saturated rings. The van der Waals surface area contributed by atoms with Gasteiger partial charge in [-0.2, -0.15) is 0 Å². The summed E-state index contributed by atoms with van der Waals surface area (Å²) in [7, 11) is -3.66. The van der Waals surface area contributed by atoms with Gasteiger partial charge in [-0.1, -0.05) is 27.7 Å². The van der Waals surface area contributed by atoms with Crippen molar-refractivity contribution in [2.45, 2.75) is 63.8 Å². The van der Waals surface area contributed by atoms with Gasteiger partial charge in [0.15, 0.2) is 13.5 Å². The van der Waals surface area contributed by atoms with E-state index in [2.05, 4.69) is 43.0 Å². The molecule has 0 bridgehead atoms. The number of benzene rings is 1. The minimum atomic E-state index is -2.32. The molecule has 0 spiro atoms. The first kappa shape index (κ1) is 27.2. The Morgan fingerprint density at radius 2 is 1.86 bits per heavy atom. The zero-order valence-corrected chi connectivity index (χ0v) is 23.3. The summed E-state index contributed by atoms with van der Waals surface area (Å²) in [6, 6.07) is 9.98. The summed E-state index contributed by atoms with van der Waals surface area (Å²) in [5.41, 5.74) is 2.94. The van der Waals surface area contributed by atoms with Crippen LogP contribution in [0.1, 0.15) is 40.5 Å². The molecule has 190 valence electrons. The summed E-state index contributed by atoms with van der Waals surface area (Å²) in [5, 5.41) is 3.56. The van der Waals surface area contributed by atoms with Crippen molar-refractivity contribution in [1.29, 1.82) is 0 Å². The lowest BCUT2D eigenvalue weighted by Crippen LogP contribution is -2.39. The second kappa shape index (κ2) is 11.1. The van der Waals surface area contributed by atoms with E-state index in [9.17, 15) is 13.4 Å². The first-order valence-corrected chi connectivity index (χ1v) is 16.3. The smallest absolute Gasteiger partial charge is 0.197 e. The highest BCUT2D eigenvalue weighted by atomic mass is 32.2. The Hall–Kier alpha value is -2.36. The Kier molecular flexibility index (Phi) is 8.66. The third-order valence-corrected chi connectivity index (χ3v) is 11.4. The van der Waals surface area contributed by atoms with Gasteiger partial charge in [-0.25, -0.2) is 14.4 Å². The topological polar surface area (TPSA) is 90.9 Å². The maximum absolute atomic E-state index is 13.6. The van der Waals surface area contributed by atoms with Gasteiger partial charge in [-0.15, -0.1) is 0 Å². The van der Waals surface area contributed by atoms with Crippen molar-refractivity contribution in [2.24, 2.45) is 5.92 Å². The number of aromatic amines is 1. The van der Waals surface area contributed by atoms with Crippen LogP contribution in [0, 0.1) is 11.7 Å². The third kappa shape index (κ3) is 7.08. The molecule has 0 saturated heterocycles. The predicted octanol–water partition coefficient (Wildman–Crippen LogP) is 6.21. The van der Waals surface area contributed by atoms with Crippen molar-refractivity contribution < 1.29 is 13.4 Å². The number of nitrogens with zero attached hydrogens (tertiary/aromatic N) is 2. The molecule has 1 atom stereocenters. The standard InChI is InChI=1S/C26H37FN4O2SSi/c1-18(2)17-29-22-16-20(12-14-28-22)24-23(19-8-10-21(27)11-9-19)30-25(31-24)34(32)15-7-13-26(3,4)35(5,6)33/h8-12,14,16,18,33H,7,13,15,17H2,1-6H3,(H,28,29)(H,30,31). The fourth-order valence-corrected chi connectivity index (χ4v) is 5.32. The molecular weight excluding hydrogens is 479 g/mol. The Morgan fingerprint density at radius 1 is 1.17 bits per heavy atom. The van der Waals surface area contributed by atoms with Crippen LogP contribution in [-0.4, -0.2) is 44.6 Å². The second-order valence-electron chi connectivity index (χ2n) is 10.6. The van der Waals surface area contributed by atoms with Gasteiger partial charge in [-0.05, 0) is 73.3 Å². The third-order valence-electron chi connectivity index (χ3n) is 6.54. The molecule has 3 N–H and O–H groups in total. The fraction of sp³-hybridized carbons (Fsp3) is 0.462. The van der Waals surface area contributed by atoms with E-state index in [1.54, 1.807) is 18.3 Å². The molecule has 3 rings (SSSR count). The summed E-state index contributed by atoms with van der Waals surface area (Å²) < 4.78 is 26.8. The van der Waals surface area contributed by atoms with Gasteiger partial charge >= 0.3 is 0 Å². The van der Waals surface area contributed by atoms with E-state index >= 15 is 0 Å². The number of rotatable bonds is 11. The van der Waals surface area contributed by atoms with Crippen LogP contribution in [0.15, 0.2) is 47.8 Å². The van der Waals surface area contributed by atoms with Crippen molar-refractivity contribution in [1.82, 2.24) is 15.0 Å². The van der Waals surface area contributed by atoms with Gasteiger partial charge in [0.1, 0.15) is 11.6 Å². The highest BCUT2D eigenvalue weighted by Gasteiger charge is 2.37. The molecule has 6 nitrogen and oxygen atoms in total. The van der Waals surface area contributed by atoms with Gasteiger partial charge in [0, 0.05) is 29.6 Å². The van der Waals surface area contributed by atoms with Crippen LogP contribution in [0.5, 0.6) is 0 Å². The summed E-state index contributed by atoms with van der Waals surface area (Å²) in [6.45, 7) is 13.1. The van der Waals surface area contributed by atoms with Gasteiger partial charge in [0.05, 0.1) is 22.2 Å². The molecule has 2 aromatic heterocycles. The number of halogens is 1. The van der Waals surface area contributed by atoms with E-state index in [1.807, 2.05) is 25.2 Å². The number of pyridine rings is 1. The number of H-pyrrole nitrogens is 1. The van der Waals surface area contributed by atoms with E-state index < -0.39 is 19.1 Å². The molecule has 3 aromatic rings. The summed E-state index contributed by atoms with van der Waals surface area (Å²) in [5.74, 6) is 1.34. The maximum atomic E-state index is 13.6. The Morgan fingerprint density at radius 3 is 2.49 bits per heavy atom.